The lowest BCUT2D eigenvalue weighted by Gasteiger charge is -2.50. The van der Waals surface area contributed by atoms with Gasteiger partial charge in [-0.15, -0.1) is 0 Å². The number of imide groups is 2. The minimum Gasteiger partial charge on any atom is -0.369 e. The van der Waals surface area contributed by atoms with Crippen molar-refractivity contribution in [2.45, 2.75) is 24.9 Å². The number of carbonyl (C=O) groups is 4. The van der Waals surface area contributed by atoms with Crippen LogP contribution in [0.4, 0.5) is 17.2 Å². The summed E-state index contributed by atoms with van der Waals surface area (Å²) in [5.41, 5.74) is 3.79. The van der Waals surface area contributed by atoms with E-state index in [0.29, 0.717) is 28.2 Å². The normalized spacial score (nSPS) is 21.9. The van der Waals surface area contributed by atoms with Gasteiger partial charge in [-0.05, 0) is 42.8 Å². The van der Waals surface area contributed by atoms with Gasteiger partial charge >= 0.3 is 0 Å². The topological polar surface area (TPSA) is 184 Å². The molecule has 0 saturated carbocycles. The Kier molecular flexibility index (Phi) is 8.55. The number of non-ortho nitro benzene ring substituents is 1. The Morgan fingerprint density at radius 2 is 1.57 bits per heavy atom. The molecule has 17 nitrogen and oxygen atoms in total. The highest BCUT2D eigenvalue weighted by Crippen LogP contribution is 2.33. The second-order valence-electron chi connectivity index (χ2n) is 14.6. The van der Waals surface area contributed by atoms with E-state index in [4.69, 9.17) is 0 Å². The summed E-state index contributed by atoms with van der Waals surface area (Å²) >= 11 is 0. The summed E-state index contributed by atoms with van der Waals surface area (Å²) in [5, 5.41) is 21.7. The largest absolute Gasteiger partial charge is 0.369 e. The molecule has 9 rings (SSSR count). The average Bonchev–Trinajstić information content (AvgIpc) is 3.70. The molecule has 0 bridgehead atoms. The molecule has 4 aromatic rings. The van der Waals surface area contributed by atoms with Gasteiger partial charge in [-0.1, -0.05) is 0 Å². The highest BCUT2D eigenvalue weighted by molar-refractivity contribution is 6.23. The van der Waals surface area contributed by atoms with Crippen molar-refractivity contribution >= 4 is 51.7 Å². The minimum absolute atomic E-state index is 0.0300. The molecule has 0 spiro atoms. The predicted molar refractivity (Wildman–Crippen MR) is 197 cm³/mol. The Balaban J connectivity index is 0.740. The number of aromatic amines is 1. The Bertz CT molecular complexity index is 2190. The monoisotopic (exact) mass is 733 g/mol. The maximum Gasteiger partial charge on any atom is 0.270 e. The Morgan fingerprint density at radius 3 is 2.33 bits per heavy atom. The summed E-state index contributed by atoms with van der Waals surface area (Å²) in [4.78, 5) is 79.0. The Morgan fingerprint density at radius 1 is 0.815 bits per heavy atom. The van der Waals surface area contributed by atoms with Gasteiger partial charge in [0.1, 0.15) is 17.6 Å². The van der Waals surface area contributed by atoms with Crippen LogP contribution in [0.1, 0.15) is 33.6 Å². The van der Waals surface area contributed by atoms with Gasteiger partial charge in [0.05, 0.1) is 28.2 Å². The van der Waals surface area contributed by atoms with E-state index < -0.39 is 34.6 Å². The fraction of sp³-hybridized carbons (Fsp3) is 0.405. The number of nitro groups is 1. The second kappa shape index (κ2) is 13.6. The van der Waals surface area contributed by atoms with Gasteiger partial charge in [-0.25, -0.2) is 4.98 Å². The van der Waals surface area contributed by atoms with Crippen LogP contribution in [0.2, 0.25) is 0 Å². The molecule has 54 heavy (non-hydrogen) atoms. The van der Waals surface area contributed by atoms with E-state index in [1.165, 1.54) is 6.07 Å². The maximum absolute atomic E-state index is 13.3. The van der Waals surface area contributed by atoms with Gasteiger partial charge < -0.3 is 9.80 Å². The molecule has 2 aromatic heterocycles. The van der Waals surface area contributed by atoms with E-state index >= 15 is 0 Å². The average molecular weight is 734 g/mol. The summed E-state index contributed by atoms with van der Waals surface area (Å²) in [6, 6.07) is 13.5. The number of nitrogens with zero attached hydrogens (tertiary/aromatic N) is 9. The molecule has 2 aromatic carbocycles. The van der Waals surface area contributed by atoms with Crippen molar-refractivity contribution in [2.75, 3.05) is 81.9 Å². The third-order valence-corrected chi connectivity index (χ3v) is 11.4. The number of H-pyrrole nitrogens is 1. The van der Waals surface area contributed by atoms with Crippen molar-refractivity contribution in [3.05, 3.63) is 76.0 Å². The van der Waals surface area contributed by atoms with Crippen LogP contribution in [0, 0.1) is 10.1 Å². The zero-order valence-electron chi connectivity index (χ0n) is 29.5. The van der Waals surface area contributed by atoms with Crippen LogP contribution < -0.4 is 15.1 Å². The number of nitro benzene ring substituents is 1. The number of hydrogen-bond donors (Lipinski definition) is 2. The first kappa shape index (κ1) is 34.0. The lowest BCUT2D eigenvalue weighted by atomic mass is 10.0. The standard InChI is InChI=1S/C37H39N11O6/c49-33-6-5-31(35(50)39-33)47-36(51)27-3-1-24(18-28(27)37(47)52)44-11-9-42(10-12-44)22-43-20-26(21-43)45-13-15-46(16-14-45)32-17-23(7-8-38-32)34-29-19-25(48(53)54)2-4-30(29)40-41-34/h1-4,7-8,17-19,26,31H,5-6,9-16,20-22H2,(H,40,41)(H,39,49,50). The number of piperazine rings is 2. The Hall–Kier alpha value is -5.78. The highest BCUT2D eigenvalue weighted by Gasteiger charge is 2.45. The molecule has 4 fully saturated rings. The molecule has 1 atom stereocenters. The number of nitrogens with one attached hydrogen (secondary N) is 2. The molecule has 2 N–H and O–H groups in total. The van der Waals surface area contributed by atoms with Gasteiger partial charge in [0.2, 0.25) is 11.8 Å². The molecule has 4 amide bonds. The van der Waals surface area contributed by atoms with Crippen molar-refractivity contribution in [1.29, 1.82) is 0 Å². The third kappa shape index (κ3) is 6.13. The SMILES string of the molecule is O=C1CCC(N2C(=O)c3ccc(N4CCN(CN5CC(N6CCN(c7cc(-c8n[nH]c9ccc([N+](=O)[O-])cc89)ccn7)CC6)C5)CC4)cc3C2=O)C(=O)N1. The summed E-state index contributed by atoms with van der Waals surface area (Å²) in [5.74, 6) is -1.10. The van der Waals surface area contributed by atoms with Crippen molar-refractivity contribution in [2.24, 2.45) is 0 Å². The number of pyridine rings is 1. The number of rotatable bonds is 8. The first-order chi connectivity index (χ1) is 26.2. The van der Waals surface area contributed by atoms with Crippen molar-refractivity contribution in [3.8, 4) is 11.3 Å². The van der Waals surface area contributed by atoms with Crippen molar-refractivity contribution in [3.63, 3.8) is 0 Å². The lowest BCUT2D eigenvalue weighted by molar-refractivity contribution is -0.384. The minimum atomic E-state index is -0.972. The molecule has 1 unspecified atom stereocenters. The van der Waals surface area contributed by atoms with Crippen LogP contribution in [0.5, 0.6) is 0 Å². The van der Waals surface area contributed by atoms with Gasteiger partial charge in [0.15, 0.2) is 0 Å². The molecular formula is C37H39N11O6. The number of hydrogen-bond acceptors (Lipinski definition) is 13. The number of aromatic nitrogens is 3. The maximum atomic E-state index is 13.3. The zero-order chi connectivity index (χ0) is 37.1. The number of likely N-dealkylation sites (tertiary alicyclic amines) is 1. The van der Waals surface area contributed by atoms with Gasteiger partial charge in [0, 0.05) is 113 Å². The fourth-order valence-electron chi connectivity index (χ4n) is 8.37. The Labute approximate surface area is 309 Å². The number of piperidine rings is 1. The van der Waals surface area contributed by atoms with Crippen LogP contribution in [0.25, 0.3) is 22.2 Å². The number of benzene rings is 2. The molecule has 17 heteroatoms. The van der Waals surface area contributed by atoms with Gasteiger partial charge in [-0.2, -0.15) is 5.10 Å². The second-order valence-corrected chi connectivity index (χ2v) is 14.6. The molecule has 4 saturated heterocycles. The van der Waals surface area contributed by atoms with Crippen molar-refractivity contribution < 1.29 is 24.1 Å². The quantitative estimate of drug-likeness (QED) is 0.151. The smallest absolute Gasteiger partial charge is 0.270 e. The summed E-state index contributed by atoms with van der Waals surface area (Å²) in [6.07, 6.45) is 2.00. The van der Waals surface area contributed by atoms with Crippen LogP contribution in [0.15, 0.2) is 54.7 Å². The third-order valence-electron chi connectivity index (χ3n) is 11.4. The van der Waals surface area contributed by atoms with E-state index in [1.54, 1.807) is 30.5 Å². The molecule has 0 radical (unpaired) electrons. The number of fused-ring (bicyclic) bond motifs is 2. The van der Waals surface area contributed by atoms with Crippen LogP contribution in [-0.2, 0) is 9.59 Å². The number of amides is 4. The molecule has 5 aliphatic rings. The van der Waals surface area contributed by atoms with Gasteiger partial charge in [-0.3, -0.25) is 59.3 Å². The van der Waals surface area contributed by atoms with Crippen LogP contribution >= 0.6 is 0 Å². The highest BCUT2D eigenvalue weighted by atomic mass is 16.6. The molecule has 5 aliphatic heterocycles. The van der Waals surface area contributed by atoms with Crippen molar-refractivity contribution in [1.82, 2.24) is 40.1 Å². The van der Waals surface area contributed by atoms with Crippen LogP contribution in [-0.4, -0.2) is 148 Å². The lowest BCUT2D eigenvalue weighted by Crippen LogP contribution is -2.65. The number of carbonyl (C=O) groups excluding carboxylic acids is 4. The summed E-state index contributed by atoms with van der Waals surface area (Å²) in [7, 11) is 0. The zero-order valence-corrected chi connectivity index (χ0v) is 29.5. The molecule has 278 valence electrons. The van der Waals surface area contributed by atoms with E-state index in [9.17, 15) is 29.3 Å². The fourth-order valence-corrected chi connectivity index (χ4v) is 8.37. The first-order valence-electron chi connectivity index (χ1n) is 18.3. The van der Waals surface area contributed by atoms with Gasteiger partial charge in [0.25, 0.3) is 17.5 Å². The van der Waals surface area contributed by atoms with Crippen LogP contribution in [0.3, 0.4) is 0 Å². The summed E-state index contributed by atoms with van der Waals surface area (Å²) in [6.45, 7) is 9.91. The van der Waals surface area contributed by atoms with E-state index in [-0.39, 0.29) is 18.5 Å². The number of anilines is 2. The van der Waals surface area contributed by atoms with E-state index in [0.717, 1.165) is 99.6 Å². The summed E-state index contributed by atoms with van der Waals surface area (Å²) < 4.78 is 0. The molecule has 7 heterocycles. The van der Waals surface area contributed by atoms with E-state index in [1.807, 2.05) is 18.2 Å². The molecular weight excluding hydrogens is 694 g/mol. The molecule has 0 aliphatic carbocycles. The first-order valence-corrected chi connectivity index (χ1v) is 18.3. The predicted octanol–water partition coefficient (Wildman–Crippen LogP) is 1.52. The van der Waals surface area contributed by atoms with E-state index in [2.05, 4.69) is 45.0 Å².